The van der Waals surface area contributed by atoms with Crippen LogP contribution >= 0.6 is 22.6 Å². The van der Waals surface area contributed by atoms with Gasteiger partial charge in [0.2, 0.25) is 0 Å². The van der Waals surface area contributed by atoms with Gasteiger partial charge in [-0.15, -0.1) is 0 Å². The number of hydrogen-bond acceptors (Lipinski definition) is 3. The Hall–Kier alpha value is -1.11. The molecular weight excluding hydrogens is 295 g/mol. The molecule has 0 bridgehead atoms. The molecule has 0 radical (unpaired) electrons. The highest BCUT2D eigenvalue weighted by Gasteiger charge is 2.06. The minimum absolute atomic E-state index is 0.0499. The fourth-order valence-corrected chi connectivity index (χ4v) is 1.64. The van der Waals surface area contributed by atoms with Crippen molar-refractivity contribution in [2.45, 2.75) is 6.92 Å². The highest BCUT2D eigenvalue weighted by Crippen LogP contribution is 2.22. The van der Waals surface area contributed by atoms with Crippen LogP contribution in [0.3, 0.4) is 0 Å². The van der Waals surface area contributed by atoms with Crippen molar-refractivity contribution in [3.8, 4) is 5.75 Å². The van der Waals surface area contributed by atoms with Crippen molar-refractivity contribution in [3.05, 3.63) is 37.9 Å². The second-order valence-corrected chi connectivity index (χ2v) is 4.10. The average Bonchev–Trinajstić information content (AvgIpc) is 2.12. The van der Waals surface area contributed by atoms with Crippen LogP contribution in [0.25, 0.3) is 5.65 Å². The average molecular weight is 302 g/mol. The molecule has 0 saturated carbocycles. The summed E-state index contributed by atoms with van der Waals surface area (Å²) in [6.45, 7) is 1.72. The van der Waals surface area contributed by atoms with Gasteiger partial charge in [-0.05, 0) is 35.6 Å². The summed E-state index contributed by atoms with van der Waals surface area (Å²) in [5.41, 5.74) is 0.730. The zero-order chi connectivity index (χ0) is 10.3. The van der Waals surface area contributed by atoms with E-state index in [-0.39, 0.29) is 11.3 Å². The second kappa shape index (κ2) is 3.23. The fraction of sp³-hybridized carbons (Fsp3) is 0.111. The molecule has 0 aliphatic heterocycles. The molecule has 2 heterocycles. The predicted octanol–water partition coefficient (Wildman–Crippen LogP) is 1.31. The van der Waals surface area contributed by atoms with E-state index in [0.29, 0.717) is 14.9 Å². The topological polar surface area (TPSA) is 54.6 Å². The Bertz CT molecular complexity index is 562. The Kier molecular flexibility index (Phi) is 2.18. The molecule has 0 amide bonds. The summed E-state index contributed by atoms with van der Waals surface area (Å²) >= 11 is 1.99. The Balaban J connectivity index is 3.03. The molecule has 0 spiro atoms. The first-order chi connectivity index (χ1) is 6.59. The van der Waals surface area contributed by atoms with Gasteiger partial charge < -0.3 is 5.11 Å². The van der Waals surface area contributed by atoms with Crippen molar-refractivity contribution >= 4 is 28.2 Å². The van der Waals surface area contributed by atoms with Gasteiger partial charge in [-0.1, -0.05) is 0 Å². The number of aryl methyl sites for hydroxylation is 1. The summed E-state index contributed by atoms with van der Waals surface area (Å²) in [6.07, 6.45) is 1.60. The lowest BCUT2D eigenvalue weighted by atomic mass is 10.4. The number of hydrogen-bond donors (Lipinski definition) is 1. The molecule has 14 heavy (non-hydrogen) atoms. The maximum atomic E-state index is 11.5. The van der Waals surface area contributed by atoms with E-state index in [1.807, 2.05) is 22.6 Å². The zero-order valence-electron chi connectivity index (χ0n) is 7.36. The van der Waals surface area contributed by atoms with Crippen LogP contribution in [0.5, 0.6) is 5.75 Å². The lowest BCUT2D eigenvalue weighted by molar-refractivity contribution is 0.472. The number of rotatable bonds is 0. The van der Waals surface area contributed by atoms with Crippen LogP contribution in [0.4, 0.5) is 0 Å². The Morgan fingerprint density at radius 2 is 2.29 bits per heavy atom. The Morgan fingerprint density at radius 3 is 3.00 bits per heavy atom. The summed E-state index contributed by atoms with van der Waals surface area (Å²) in [6, 6.07) is 3.10. The molecule has 0 aliphatic carbocycles. The molecule has 72 valence electrons. The molecule has 0 aromatic carbocycles. The first-order valence-corrected chi connectivity index (χ1v) is 5.05. The van der Waals surface area contributed by atoms with Crippen LogP contribution in [-0.4, -0.2) is 14.5 Å². The highest BCUT2D eigenvalue weighted by molar-refractivity contribution is 14.1. The van der Waals surface area contributed by atoms with Gasteiger partial charge in [0.15, 0.2) is 11.4 Å². The van der Waals surface area contributed by atoms with Crippen molar-refractivity contribution in [3.63, 3.8) is 0 Å². The largest absolute Gasteiger partial charge is 0.504 e. The normalized spacial score (nSPS) is 10.7. The van der Waals surface area contributed by atoms with E-state index in [1.54, 1.807) is 19.2 Å². The van der Waals surface area contributed by atoms with Gasteiger partial charge in [0.1, 0.15) is 0 Å². The van der Waals surface area contributed by atoms with Crippen LogP contribution in [0.2, 0.25) is 0 Å². The number of fused-ring (bicyclic) bond motifs is 1. The highest BCUT2D eigenvalue weighted by atomic mass is 127. The molecule has 0 aliphatic rings. The molecule has 0 saturated heterocycles. The lowest BCUT2D eigenvalue weighted by Crippen LogP contribution is -2.14. The molecule has 0 fully saturated rings. The summed E-state index contributed by atoms with van der Waals surface area (Å²) in [4.78, 5) is 15.6. The van der Waals surface area contributed by atoms with Crippen molar-refractivity contribution in [2.24, 2.45) is 0 Å². The monoisotopic (exact) mass is 302 g/mol. The lowest BCUT2D eigenvalue weighted by Gasteiger charge is -2.04. The van der Waals surface area contributed by atoms with E-state index in [4.69, 9.17) is 0 Å². The van der Waals surface area contributed by atoms with Crippen LogP contribution in [-0.2, 0) is 0 Å². The Morgan fingerprint density at radius 1 is 1.57 bits per heavy atom. The minimum Gasteiger partial charge on any atom is -0.504 e. The third-order valence-corrected chi connectivity index (χ3v) is 2.76. The van der Waals surface area contributed by atoms with Gasteiger partial charge in [0, 0.05) is 18.0 Å². The number of nitrogens with zero attached hydrogens (tertiary/aromatic N) is 2. The minimum atomic E-state index is -0.181. The standard InChI is InChI=1S/C9H7IN2O2/c1-5-4-7(13)12-3-2-6(10)8(14)9(12)11-5/h2-4,14H,1H3. The molecule has 4 nitrogen and oxygen atoms in total. The van der Waals surface area contributed by atoms with E-state index in [0.717, 1.165) is 0 Å². The molecule has 0 unspecified atom stereocenters. The number of pyridine rings is 1. The third kappa shape index (κ3) is 1.37. The molecule has 1 N–H and O–H groups in total. The first kappa shape index (κ1) is 9.45. The summed E-state index contributed by atoms with van der Waals surface area (Å²) in [7, 11) is 0. The fourth-order valence-electron chi connectivity index (χ4n) is 1.24. The first-order valence-electron chi connectivity index (χ1n) is 3.97. The van der Waals surface area contributed by atoms with Gasteiger partial charge in [-0.3, -0.25) is 9.20 Å². The number of halogens is 1. The second-order valence-electron chi connectivity index (χ2n) is 2.94. The molecule has 2 aromatic rings. The van der Waals surface area contributed by atoms with Crippen LogP contribution < -0.4 is 5.56 Å². The number of aromatic nitrogens is 2. The van der Waals surface area contributed by atoms with E-state index in [9.17, 15) is 9.90 Å². The van der Waals surface area contributed by atoms with Crippen molar-refractivity contribution < 1.29 is 5.11 Å². The molecule has 2 rings (SSSR count). The molecular formula is C9H7IN2O2. The summed E-state index contributed by atoms with van der Waals surface area (Å²) < 4.78 is 2.00. The maximum Gasteiger partial charge on any atom is 0.258 e. The molecule has 5 heteroatoms. The predicted molar refractivity (Wildman–Crippen MR) is 60.6 cm³/mol. The van der Waals surface area contributed by atoms with Crippen molar-refractivity contribution in [2.75, 3.05) is 0 Å². The zero-order valence-corrected chi connectivity index (χ0v) is 9.52. The molecule has 2 aromatic heterocycles. The van der Waals surface area contributed by atoms with Gasteiger partial charge in [-0.25, -0.2) is 4.98 Å². The SMILES string of the molecule is Cc1cc(=O)n2ccc(I)c(O)c2n1. The van der Waals surface area contributed by atoms with Crippen LogP contribution in [0, 0.1) is 10.5 Å². The van der Waals surface area contributed by atoms with Gasteiger partial charge in [0.25, 0.3) is 5.56 Å². The van der Waals surface area contributed by atoms with Crippen molar-refractivity contribution in [1.29, 1.82) is 0 Å². The van der Waals surface area contributed by atoms with Gasteiger partial charge in [0.05, 0.1) is 3.57 Å². The van der Waals surface area contributed by atoms with Gasteiger partial charge >= 0.3 is 0 Å². The van der Waals surface area contributed by atoms with E-state index < -0.39 is 0 Å². The van der Waals surface area contributed by atoms with E-state index in [2.05, 4.69) is 4.98 Å². The summed E-state index contributed by atoms with van der Waals surface area (Å²) in [5, 5.41) is 9.68. The quantitative estimate of drug-likeness (QED) is 0.747. The van der Waals surface area contributed by atoms with Crippen molar-refractivity contribution in [1.82, 2.24) is 9.38 Å². The summed E-state index contributed by atoms with van der Waals surface area (Å²) in [5.74, 6) is 0.0499. The van der Waals surface area contributed by atoms with Crippen LogP contribution in [0.1, 0.15) is 5.69 Å². The van der Waals surface area contributed by atoms with Crippen LogP contribution in [0.15, 0.2) is 23.1 Å². The molecule has 0 atom stereocenters. The Labute approximate surface area is 93.4 Å². The smallest absolute Gasteiger partial charge is 0.258 e. The van der Waals surface area contributed by atoms with E-state index in [1.165, 1.54) is 10.5 Å². The maximum absolute atomic E-state index is 11.5. The van der Waals surface area contributed by atoms with Gasteiger partial charge in [-0.2, -0.15) is 0 Å². The van der Waals surface area contributed by atoms with E-state index >= 15 is 0 Å². The third-order valence-electron chi connectivity index (χ3n) is 1.89. The number of aromatic hydroxyl groups is 1.